The number of carbonyl (C=O) groups is 1. The van der Waals surface area contributed by atoms with Gasteiger partial charge in [0.1, 0.15) is 5.82 Å². The van der Waals surface area contributed by atoms with E-state index in [0.717, 1.165) is 38.1 Å². The summed E-state index contributed by atoms with van der Waals surface area (Å²) in [6.07, 6.45) is 8.29. The Kier molecular flexibility index (Phi) is 2.93. The van der Waals surface area contributed by atoms with E-state index in [2.05, 4.69) is 22.5 Å². The van der Waals surface area contributed by atoms with Gasteiger partial charge < -0.3 is 5.32 Å². The van der Waals surface area contributed by atoms with Crippen molar-refractivity contribution in [1.82, 2.24) is 9.55 Å². The number of benzene rings is 1. The van der Waals surface area contributed by atoms with E-state index in [4.69, 9.17) is 0 Å². The first-order valence-electron chi connectivity index (χ1n) is 8.72. The van der Waals surface area contributed by atoms with Crippen LogP contribution in [0.15, 0.2) is 35.1 Å². The molecule has 5 rings (SSSR count). The van der Waals surface area contributed by atoms with Crippen LogP contribution in [0.5, 0.6) is 0 Å². The van der Waals surface area contributed by atoms with E-state index in [1.807, 2.05) is 12.1 Å². The van der Waals surface area contributed by atoms with Gasteiger partial charge in [-0.05, 0) is 49.3 Å². The fourth-order valence-electron chi connectivity index (χ4n) is 4.48. The molecule has 2 aromatic rings. The molecule has 3 atom stereocenters. The maximum Gasteiger partial charge on any atom is 0.261 e. The lowest BCUT2D eigenvalue weighted by Crippen LogP contribution is -2.26. The molecular formula is C19H19N3O2. The van der Waals surface area contributed by atoms with Gasteiger partial charge in [-0.2, -0.15) is 0 Å². The second kappa shape index (κ2) is 5.03. The molecule has 1 N–H and O–H groups in total. The number of amides is 1. The van der Waals surface area contributed by atoms with Gasteiger partial charge in [-0.3, -0.25) is 14.2 Å². The van der Waals surface area contributed by atoms with Crippen LogP contribution in [-0.4, -0.2) is 15.5 Å². The second-order valence-corrected chi connectivity index (χ2v) is 7.20. The molecule has 1 aromatic heterocycles. The number of nitrogens with one attached hydrogen (secondary N) is 1. The van der Waals surface area contributed by atoms with Crippen LogP contribution in [0.1, 0.15) is 25.1 Å². The van der Waals surface area contributed by atoms with Crippen LogP contribution in [0.25, 0.3) is 10.9 Å². The SMILES string of the molecule is O=C(Nc1ccc2nc3n(c(=O)c2c1)CCC3)[C@H]1C[C@H]2C=C[C@H]1C2. The van der Waals surface area contributed by atoms with E-state index in [0.29, 0.717) is 28.4 Å². The van der Waals surface area contributed by atoms with Crippen LogP contribution >= 0.6 is 0 Å². The summed E-state index contributed by atoms with van der Waals surface area (Å²) in [7, 11) is 0. The molecule has 0 spiro atoms. The lowest BCUT2D eigenvalue weighted by atomic mass is 9.93. The lowest BCUT2D eigenvalue weighted by molar-refractivity contribution is -0.120. The van der Waals surface area contributed by atoms with E-state index < -0.39 is 0 Å². The number of carbonyl (C=O) groups excluding carboxylic acids is 1. The Morgan fingerprint density at radius 2 is 2.17 bits per heavy atom. The van der Waals surface area contributed by atoms with Crippen LogP contribution in [0.2, 0.25) is 0 Å². The average Bonchev–Trinajstić information content (AvgIpc) is 3.31. The molecule has 3 aliphatic rings. The minimum absolute atomic E-state index is 0.00598. The second-order valence-electron chi connectivity index (χ2n) is 7.20. The normalized spacial score (nSPS) is 26.9. The van der Waals surface area contributed by atoms with Gasteiger partial charge >= 0.3 is 0 Å². The van der Waals surface area contributed by atoms with Gasteiger partial charge in [-0.1, -0.05) is 12.2 Å². The molecule has 0 radical (unpaired) electrons. The number of nitrogens with zero attached hydrogens (tertiary/aromatic N) is 2. The molecule has 1 fully saturated rings. The smallest absolute Gasteiger partial charge is 0.261 e. The highest BCUT2D eigenvalue weighted by molar-refractivity contribution is 5.95. The van der Waals surface area contributed by atoms with Crippen molar-refractivity contribution < 1.29 is 4.79 Å². The van der Waals surface area contributed by atoms with Crippen LogP contribution in [-0.2, 0) is 17.8 Å². The molecule has 0 unspecified atom stereocenters. The first kappa shape index (κ1) is 14.0. The number of anilines is 1. The number of hydrogen-bond acceptors (Lipinski definition) is 3. The Bertz CT molecular complexity index is 944. The summed E-state index contributed by atoms with van der Waals surface area (Å²) >= 11 is 0. The van der Waals surface area contributed by atoms with Crippen LogP contribution in [0, 0.1) is 17.8 Å². The number of fused-ring (bicyclic) bond motifs is 4. The predicted molar refractivity (Wildman–Crippen MR) is 91.8 cm³/mol. The zero-order valence-corrected chi connectivity index (χ0v) is 13.4. The largest absolute Gasteiger partial charge is 0.326 e. The first-order valence-corrected chi connectivity index (χ1v) is 8.72. The van der Waals surface area contributed by atoms with Crippen LogP contribution < -0.4 is 10.9 Å². The minimum atomic E-state index is 0.00598. The van der Waals surface area contributed by atoms with Crippen molar-refractivity contribution in [2.75, 3.05) is 5.32 Å². The van der Waals surface area contributed by atoms with Gasteiger partial charge in [0.2, 0.25) is 5.91 Å². The summed E-state index contributed by atoms with van der Waals surface area (Å²) in [5.41, 5.74) is 1.41. The summed E-state index contributed by atoms with van der Waals surface area (Å²) in [4.78, 5) is 29.8. The molecule has 1 aromatic carbocycles. The van der Waals surface area contributed by atoms with Crippen LogP contribution in [0.3, 0.4) is 0 Å². The molecule has 5 heteroatoms. The molecule has 1 aliphatic heterocycles. The van der Waals surface area contributed by atoms with Crippen molar-refractivity contribution in [3.63, 3.8) is 0 Å². The van der Waals surface area contributed by atoms with Gasteiger partial charge in [0, 0.05) is 24.6 Å². The molecule has 1 saturated carbocycles. The zero-order valence-electron chi connectivity index (χ0n) is 13.4. The van der Waals surface area contributed by atoms with Gasteiger partial charge in [-0.25, -0.2) is 4.98 Å². The fourth-order valence-corrected chi connectivity index (χ4v) is 4.48. The van der Waals surface area contributed by atoms with Crippen molar-refractivity contribution in [2.45, 2.75) is 32.2 Å². The highest BCUT2D eigenvalue weighted by Crippen LogP contribution is 2.43. The molecule has 5 nitrogen and oxygen atoms in total. The Morgan fingerprint density at radius 3 is 2.96 bits per heavy atom. The van der Waals surface area contributed by atoms with Crippen molar-refractivity contribution in [2.24, 2.45) is 17.8 Å². The van der Waals surface area contributed by atoms with Gasteiger partial charge in [-0.15, -0.1) is 0 Å². The molecule has 24 heavy (non-hydrogen) atoms. The summed E-state index contributed by atoms with van der Waals surface area (Å²) in [6, 6.07) is 5.46. The molecular weight excluding hydrogens is 302 g/mol. The number of allylic oxidation sites excluding steroid dienone is 2. The number of rotatable bonds is 2. The van der Waals surface area contributed by atoms with E-state index in [9.17, 15) is 9.59 Å². The quantitative estimate of drug-likeness (QED) is 0.864. The summed E-state index contributed by atoms with van der Waals surface area (Å²) in [6.45, 7) is 0.741. The van der Waals surface area contributed by atoms with E-state index >= 15 is 0 Å². The number of aryl methyl sites for hydroxylation is 1. The predicted octanol–water partition coefficient (Wildman–Crippen LogP) is 2.49. The Labute approximate surface area is 139 Å². The Morgan fingerprint density at radius 1 is 1.25 bits per heavy atom. The molecule has 122 valence electrons. The van der Waals surface area contributed by atoms with Crippen molar-refractivity contribution >= 4 is 22.5 Å². The molecule has 0 saturated heterocycles. The van der Waals surface area contributed by atoms with Crippen molar-refractivity contribution in [3.05, 3.63) is 46.5 Å². The fraction of sp³-hybridized carbons (Fsp3) is 0.421. The number of hydrogen-bond donors (Lipinski definition) is 1. The monoisotopic (exact) mass is 321 g/mol. The topological polar surface area (TPSA) is 64.0 Å². The molecule has 1 amide bonds. The number of aromatic nitrogens is 2. The third-order valence-corrected chi connectivity index (χ3v) is 5.70. The van der Waals surface area contributed by atoms with Gasteiger partial charge in [0.25, 0.3) is 5.56 Å². The molecule has 2 bridgehead atoms. The lowest BCUT2D eigenvalue weighted by Gasteiger charge is -2.17. The highest BCUT2D eigenvalue weighted by atomic mass is 16.2. The first-order chi connectivity index (χ1) is 11.7. The standard InChI is InChI=1S/C19H19N3O2/c23-18(14-9-11-3-4-12(14)8-11)20-13-5-6-16-15(10-13)19(24)22-7-1-2-17(22)21-16/h3-6,10-12,14H,1-2,7-9H2,(H,20,23)/t11-,12-,14-/m0/s1. The Balaban J connectivity index is 1.46. The van der Waals surface area contributed by atoms with E-state index in [1.54, 1.807) is 10.6 Å². The third-order valence-electron chi connectivity index (χ3n) is 5.70. The maximum absolute atomic E-state index is 12.6. The summed E-state index contributed by atoms with van der Waals surface area (Å²) in [5.74, 6) is 1.96. The summed E-state index contributed by atoms with van der Waals surface area (Å²) in [5, 5.41) is 3.60. The summed E-state index contributed by atoms with van der Waals surface area (Å²) < 4.78 is 1.76. The molecule has 2 heterocycles. The van der Waals surface area contributed by atoms with Crippen molar-refractivity contribution in [3.8, 4) is 0 Å². The zero-order chi connectivity index (χ0) is 16.3. The van der Waals surface area contributed by atoms with E-state index in [-0.39, 0.29) is 17.4 Å². The highest BCUT2D eigenvalue weighted by Gasteiger charge is 2.39. The van der Waals surface area contributed by atoms with E-state index in [1.165, 1.54) is 0 Å². The maximum atomic E-state index is 12.6. The van der Waals surface area contributed by atoms with Crippen molar-refractivity contribution in [1.29, 1.82) is 0 Å². The van der Waals surface area contributed by atoms with Gasteiger partial charge in [0.15, 0.2) is 0 Å². The van der Waals surface area contributed by atoms with Crippen LogP contribution in [0.4, 0.5) is 5.69 Å². The Hall–Kier alpha value is -2.43. The average molecular weight is 321 g/mol. The minimum Gasteiger partial charge on any atom is -0.326 e. The third kappa shape index (κ3) is 2.04. The molecule has 2 aliphatic carbocycles. The van der Waals surface area contributed by atoms with Gasteiger partial charge in [0.05, 0.1) is 10.9 Å².